The molecule has 4 aromatic rings. The standard InChI is InChI=1S/C23H21N3O5/c27-26(28)19-4-6-21-22(15-19)31-23(24-21)18-2-1-17-14-20(5-3-16(17)13-18)30-12-9-25-7-10-29-11-8-25/h1-6,13-15H,7-12H2. The highest BCUT2D eigenvalue weighted by molar-refractivity contribution is 5.88. The fourth-order valence-electron chi connectivity index (χ4n) is 3.71. The molecule has 3 aromatic carbocycles. The van der Waals surface area contributed by atoms with E-state index in [0.29, 0.717) is 23.6 Å². The maximum atomic E-state index is 11.0. The molecule has 2 heterocycles. The molecule has 0 aliphatic carbocycles. The Morgan fingerprint density at radius 1 is 1.03 bits per heavy atom. The van der Waals surface area contributed by atoms with E-state index < -0.39 is 4.92 Å². The van der Waals surface area contributed by atoms with Crippen LogP contribution in [0.4, 0.5) is 5.69 Å². The molecule has 0 radical (unpaired) electrons. The van der Waals surface area contributed by atoms with Crippen molar-refractivity contribution in [2.24, 2.45) is 0 Å². The monoisotopic (exact) mass is 419 g/mol. The smallest absolute Gasteiger partial charge is 0.273 e. The molecule has 0 saturated carbocycles. The van der Waals surface area contributed by atoms with E-state index in [1.165, 1.54) is 12.1 Å². The lowest BCUT2D eigenvalue weighted by Gasteiger charge is -2.26. The van der Waals surface area contributed by atoms with Crippen LogP contribution in [-0.4, -0.2) is 54.3 Å². The Morgan fingerprint density at radius 2 is 1.84 bits per heavy atom. The molecule has 158 valence electrons. The summed E-state index contributed by atoms with van der Waals surface area (Å²) < 4.78 is 17.1. The number of benzene rings is 3. The van der Waals surface area contributed by atoms with E-state index in [1.807, 2.05) is 36.4 Å². The highest BCUT2D eigenvalue weighted by Crippen LogP contribution is 2.30. The zero-order valence-electron chi connectivity index (χ0n) is 16.8. The molecule has 0 N–H and O–H groups in total. The average molecular weight is 419 g/mol. The van der Waals surface area contributed by atoms with Crippen molar-refractivity contribution >= 4 is 27.6 Å². The number of aromatic nitrogens is 1. The normalized spacial score (nSPS) is 14.8. The van der Waals surface area contributed by atoms with Gasteiger partial charge in [0.25, 0.3) is 5.69 Å². The van der Waals surface area contributed by atoms with Gasteiger partial charge >= 0.3 is 0 Å². The van der Waals surface area contributed by atoms with Gasteiger partial charge in [0.2, 0.25) is 5.89 Å². The van der Waals surface area contributed by atoms with Gasteiger partial charge in [-0.25, -0.2) is 4.98 Å². The molecule has 8 nitrogen and oxygen atoms in total. The van der Waals surface area contributed by atoms with Crippen LogP contribution in [0.1, 0.15) is 0 Å². The molecule has 0 bridgehead atoms. The van der Waals surface area contributed by atoms with E-state index in [2.05, 4.69) is 9.88 Å². The van der Waals surface area contributed by atoms with Gasteiger partial charge in [0, 0.05) is 31.3 Å². The summed E-state index contributed by atoms with van der Waals surface area (Å²) in [7, 11) is 0. The molecular weight excluding hydrogens is 398 g/mol. The molecule has 5 rings (SSSR count). The summed E-state index contributed by atoms with van der Waals surface area (Å²) in [5.74, 6) is 1.27. The second kappa shape index (κ2) is 8.33. The quantitative estimate of drug-likeness (QED) is 0.340. The number of fused-ring (bicyclic) bond motifs is 2. The van der Waals surface area contributed by atoms with Gasteiger partial charge in [-0.2, -0.15) is 0 Å². The topological polar surface area (TPSA) is 90.9 Å². The summed E-state index contributed by atoms with van der Waals surface area (Å²) in [5, 5.41) is 13.1. The zero-order valence-corrected chi connectivity index (χ0v) is 16.8. The zero-order chi connectivity index (χ0) is 21.2. The van der Waals surface area contributed by atoms with Gasteiger partial charge in [-0.15, -0.1) is 0 Å². The van der Waals surface area contributed by atoms with Crippen molar-refractivity contribution in [2.75, 3.05) is 39.5 Å². The first-order valence-electron chi connectivity index (χ1n) is 10.2. The molecule has 1 aliphatic rings. The minimum absolute atomic E-state index is 0.0186. The van der Waals surface area contributed by atoms with Gasteiger partial charge in [-0.1, -0.05) is 12.1 Å². The SMILES string of the molecule is O=[N+]([O-])c1ccc2nc(-c3ccc4cc(OCCN5CCOCC5)ccc4c3)oc2c1. The highest BCUT2D eigenvalue weighted by Gasteiger charge is 2.14. The molecule has 0 spiro atoms. The fraction of sp³-hybridized carbons (Fsp3) is 0.261. The minimum Gasteiger partial charge on any atom is -0.492 e. The summed E-state index contributed by atoms with van der Waals surface area (Å²) in [6, 6.07) is 16.3. The lowest BCUT2D eigenvalue weighted by atomic mass is 10.1. The van der Waals surface area contributed by atoms with Gasteiger partial charge in [-0.05, 0) is 41.1 Å². The number of nitrogens with zero attached hydrogens (tertiary/aromatic N) is 3. The van der Waals surface area contributed by atoms with E-state index in [4.69, 9.17) is 13.9 Å². The summed E-state index contributed by atoms with van der Waals surface area (Å²) >= 11 is 0. The van der Waals surface area contributed by atoms with Gasteiger partial charge < -0.3 is 13.9 Å². The maximum absolute atomic E-state index is 11.0. The van der Waals surface area contributed by atoms with Gasteiger partial charge in [-0.3, -0.25) is 15.0 Å². The lowest BCUT2D eigenvalue weighted by molar-refractivity contribution is -0.384. The number of hydrogen-bond donors (Lipinski definition) is 0. The van der Waals surface area contributed by atoms with Crippen LogP contribution >= 0.6 is 0 Å². The molecule has 31 heavy (non-hydrogen) atoms. The summed E-state index contributed by atoms with van der Waals surface area (Å²) in [6.45, 7) is 5.00. The molecule has 1 saturated heterocycles. The maximum Gasteiger partial charge on any atom is 0.273 e. The summed E-state index contributed by atoms with van der Waals surface area (Å²) in [4.78, 5) is 17.3. The number of hydrogen-bond acceptors (Lipinski definition) is 7. The number of nitro groups is 1. The van der Waals surface area contributed by atoms with Crippen molar-refractivity contribution in [3.8, 4) is 17.2 Å². The largest absolute Gasteiger partial charge is 0.492 e. The van der Waals surface area contributed by atoms with Crippen LogP contribution in [-0.2, 0) is 4.74 Å². The van der Waals surface area contributed by atoms with Gasteiger partial charge in [0.1, 0.15) is 17.9 Å². The van der Waals surface area contributed by atoms with Crippen LogP contribution in [0.25, 0.3) is 33.3 Å². The van der Waals surface area contributed by atoms with Gasteiger partial charge in [0.05, 0.1) is 24.2 Å². The molecule has 0 unspecified atom stereocenters. The van der Waals surface area contributed by atoms with E-state index >= 15 is 0 Å². The Balaban J connectivity index is 1.32. The fourth-order valence-corrected chi connectivity index (χ4v) is 3.71. The highest BCUT2D eigenvalue weighted by atomic mass is 16.6. The number of ether oxygens (including phenoxy) is 2. The van der Waals surface area contributed by atoms with E-state index in [9.17, 15) is 10.1 Å². The Hall–Kier alpha value is -3.49. The van der Waals surface area contributed by atoms with Crippen molar-refractivity contribution in [3.05, 3.63) is 64.7 Å². The average Bonchev–Trinajstić information content (AvgIpc) is 3.23. The number of nitro benzene ring substituents is 1. The van der Waals surface area contributed by atoms with E-state index in [-0.39, 0.29) is 5.69 Å². The third kappa shape index (κ3) is 4.21. The van der Waals surface area contributed by atoms with Crippen LogP contribution in [0.3, 0.4) is 0 Å². The summed E-state index contributed by atoms with van der Waals surface area (Å²) in [6.07, 6.45) is 0. The van der Waals surface area contributed by atoms with E-state index in [0.717, 1.165) is 54.9 Å². The lowest BCUT2D eigenvalue weighted by Crippen LogP contribution is -2.38. The Kier molecular flexibility index (Phi) is 5.23. The van der Waals surface area contributed by atoms with Crippen LogP contribution in [0, 0.1) is 10.1 Å². The first kappa shape index (κ1) is 19.5. The number of non-ortho nitro benzene ring substituents is 1. The molecular formula is C23H21N3O5. The molecule has 8 heteroatoms. The van der Waals surface area contributed by atoms with E-state index in [1.54, 1.807) is 6.07 Å². The number of oxazole rings is 1. The van der Waals surface area contributed by atoms with Crippen LogP contribution in [0.15, 0.2) is 59.0 Å². The number of morpholine rings is 1. The third-order valence-electron chi connectivity index (χ3n) is 5.42. The van der Waals surface area contributed by atoms with Crippen LogP contribution in [0.5, 0.6) is 5.75 Å². The van der Waals surface area contributed by atoms with Gasteiger partial charge in [0.15, 0.2) is 5.58 Å². The van der Waals surface area contributed by atoms with Crippen molar-refractivity contribution < 1.29 is 18.8 Å². The predicted octanol–water partition coefficient (Wildman–Crippen LogP) is 4.27. The third-order valence-corrected chi connectivity index (χ3v) is 5.42. The van der Waals surface area contributed by atoms with Crippen molar-refractivity contribution in [1.29, 1.82) is 0 Å². The van der Waals surface area contributed by atoms with Crippen LogP contribution < -0.4 is 4.74 Å². The molecule has 1 aromatic heterocycles. The predicted molar refractivity (Wildman–Crippen MR) is 116 cm³/mol. The minimum atomic E-state index is -0.446. The molecule has 1 aliphatic heterocycles. The second-order valence-corrected chi connectivity index (χ2v) is 7.45. The molecule has 0 amide bonds. The number of rotatable bonds is 6. The molecule has 1 fully saturated rings. The second-order valence-electron chi connectivity index (χ2n) is 7.45. The summed E-state index contributed by atoms with van der Waals surface area (Å²) in [5.41, 5.74) is 1.78. The van der Waals surface area contributed by atoms with Crippen LogP contribution in [0.2, 0.25) is 0 Å². The Morgan fingerprint density at radius 3 is 2.68 bits per heavy atom. The molecule has 0 atom stereocenters. The first-order chi connectivity index (χ1) is 15.2. The first-order valence-corrected chi connectivity index (χ1v) is 10.2. The van der Waals surface area contributed by atoms with Crippen molar-refractivity contribution in [1.82, 2.24) is 9.88 Å². The van der Waals surface area contributed by atoms with Crippen molar-refractivity contribution in [2.45, 2.75) is 0 Å². The van der Waals surface area contributed by atoms with Crippen molar-refractivity contribution in [3.63, 3.8) is 0 Å². The Bertz CT molecular complexity index is 1250. The Labute approximate surface area is 178 Å².